The predicted octanol–water partition coefficient (Wildman–Crippen LogP) is 4.92. The molecule has 1 aromatic heterocycles. The molecule has 26 heavy (non-hydrogen) atoms. The van der Waals surface area contributed by atoms with Crippen LogP contribution in [0.4, 0.5) is 5.69 Å². The number of likely N-dealkylation sites (N-methyl/N-ethyl adjacent to an activating group) is 1. The second-order valence-corrected chi connectivity index (χ2v) is 7.16. The summed E-state index contributed by atoms with van der Waals surface area (Å²) in [4.78, 5) is 19.3. The van der Waals surface area contributed by atoms with Crippen LogP contribution in [0.2, 0.25) is 0 Å². The summed E-state index contributed by atoms with van der Waals surface area (Å²) in [6, 6.07) is 12.3. The Morgan fingerprint density at radius 1 is 1.08 bits per heavy atom. The van der Waals surface area contributed by atoms with E-state index in [-0.39, 0.29) is 11.2 Å². The van der Waals surface area contributed by atoms with Gasteiger partial charge in [-0.05, 0) is 36.8 Å². The summed E-state index contributed by atoms with van der Waals surface area (Å²) >= 11 is 0. The fraction of sp³-hybridized carbons (Fsp3) is 0.217. The number of hydrogen-bond acceptors (Lipinski definition) is 3. The molecule has 2 heterocycles. The first kappa shape index (κ1) is 16.5. The average molecular weight is 342 g/mol. The topological polar surface area (TPSA) is 33.2 Å². The molecule has 0 radical (unpaired) electrons. The van der Waals surface area contributed by atoms with Crippen LogP contribution in [-0.4, -0.2) is 17.3 Å². The largest absolute Gasteiger partial charge is 0.344 e. The standard InChI is InChI=1S/C23H22N2O/c1-4-25-19-10-6-5-9-18(19)23(2,3)20(25)14-13-17-12-11-16-8-7-15-24-21(16)22(17)26/h5-15H,4H2,1-3H3. The van der Waals surface area contributed by atoms with Crippen molar-refractivity contribution in [3.63, 3.8) is 0 Å². The first-order valence-corrected chi connectivity index (χ1v) is 9.01. The van der Waals surface area contributed by atoms with Crippen LogP contribution in [0.5, 0.6) is 0 Å². The summed E-state index contributed by atoms with van der Waals surface area (Å²) < 4.78 is 0. The number of Topliss-reactive ketones (excluding diaryl/α,β-unsaturated/α-hetero) is 1. The second kappa shape index (κ2) is 6.10. The highest BCUT2D eigenvalue weighted by atomic mass is 16.1. The number of rotatable bonds is 2. The van der Waals surface area contributed by atoms with Crippen LogP contribution in [0.25, 0.3) is 6.08 Å². The van der Waals surface area contributed by atoms with Crippen molar-refractivity contribution in [2.24, 2.45) is 0 Å². The third-order valence-electron chi connectivity index (χ3n) is 5.29. The molecule has 0 bridgehead atoms. The van der Waals surface area contributed by atoms with Gasteiger partial charge in [-0.1, -0.05) is 50.3 Å². The number of fused-ring (bicyclic) bond motifs is 2. The minimum atomic E-state index is -0.0960. The molecule has 0 amide bonds. The van der Waals surface area contributed by atoms with E-state index in [0.717, 1.165) is 12.1 Å². The molecule has 0 fully saturated rings. The van der Waals surface area contributed by atoms with Crippen molar-refractivity contribution in [2.45, 2.75) is 26.2 Å². The van der Waals surface area contributed by atoms with Gasteiger partial charge in [0.1, 0.15) is 5.69 Å². The third kappa shape index (κ3) is 2.43. The molecule has 1 aliphatic carbocycles. The molecule has 0 N–H and O–H groups in total. The number of aromatic nitrogens is 1. The van der Waals surface area contributed by atoms with E-state index in [9.17, 15) is 4.79 Å². The molecule has 0 saturated carbocycles. The quantitative estimate of drug-likeness (QED) is 0.726. The highest BCUT2D eigenvalue weighted by Gasteiger charge is 2.38. The predicted molar refractivity (Wildman–Crippen MR) is 106 cm³/mol. The zero-order valence-corrected chi connectivity index (χ0v) is 15.4. The average Bonchev–Trinajstić information content (AvgIpc) is 2.88. The lowest BCUT2D eigenvalue weighted by atomic mass is 9.83. The number of nitrogens with zero attached hydrogens (tertiary/aromatic N) is 2. The van der Waals surface area contributed by atoms with Gasteiger partial charge in [-0.3, -0.25) is 9.78 Å². The van der Waals surface area contributed by atoms with Crippen molar-refractivity contribution >= 4 is 17.5 Å². The number of allylic oxidation sites excluding steroid dienone is 5. The number of hydrogen-bond donors (Lipinski definition) is 0. The lowest BCUT2D eigenvalue weighted by Crippen LogP contribution is -2.25. The summed E-state index contributed by atoms with van der Waals surface area (Å²) in [6.07, 6.45) is 9.54. The Balaban J connectivity index is 1.76. The first-order chi connectivity index (χ1) is 12.5. The third-order valence-corrected chi connectivity index (χ3v) is 5.29. The minimum Gasteiger partial charge on any atom is -0.344 e. The number of carbonyl (C=O) groups excluding carboxylic acids is 1. The highest BCUT2D eigenvalue weighted by molar-refractivity contribution is 6.14. The highest BCUT2D eigenvalue weighted by Crippen LogP contribution is 2.47. The normalized spacial score (nSPS) is 20.6. The van der Waals surface area contributed by atoms with E-state index in [0.29, 0.717) is 11.3 Å². The molecule has 1 aliphatic heterocycles. The van der Waals surface area contributed by atoms with Crippen LogP contribution >= 0.6 is 0 Å². The molecular weight excluding hydrogens is 320 g/mol. The Morgan fingerprint density at radius 2 is 1.88 bits per heavy atom. The summed E-state index contributed by atoms with van der Waals surface area (Å²) in [6.45, 7) is 7.52. The monoisotopic (exact) mass is 342 g/mol. The zero-order chi connectivity index (χ0) is 18.3. The molecule has 1 aromatic carbocycles. The van der Waals surface area contributed by atoms with Gasteiger partial charge in [-0.25, -0.2) is 0 Å². The number of benzene rings is 1. The molecule has 3 nitrogen and oxygen atoms in total. The number of ketones is 1. The molecule has 0 saturated heterocycles. The van der Waals surface area contributed by atoms with Gasteiger partial charge in [-0.2, -0.15) is 0 Å². The van der Waals surface area contributed by atoms with Crippen LogP contribution in [-0.2, 0) is 5.41 Å². The summed E-state index contributed by atoms with van der Waals surface area (Å²) in [5, 5.41) is 0. The van der Waals surface area contributed by atoms with Gasteiger partial charge in [0.05, 0.1) is 0 Å². The van der Waals surface area contributed by atoms with Crippen molar-refractivity contribution in [2.75, 3.05) is 11.4 Å². The zero-order valence-electron chi connectivity index (χ0n) is 15.4. The Bertz CT molecular complexity index is 979. The van der Waals surface area contributed by atoms with Crippen molar-refractivity contribution in [3.05, 3.63) is 88.9 Å². The Labute approximate surface area is 154 Å². The number of para-hydroxylation sites is 1. The smallest absolute Gasteiger partial charge is 0.211 e. The SMILES string of the molecule is CCN1C(=CC=C2C=Cc3cccnc3C2=O)C(C)(C)c2ccccc21. The molecule has 2 aromatic rings. The van der Waals surface area contributed by atoms with E-state index >= 15 is 0 Å². The van der Waals surface area contributed by atoms with Gasteiger partial charge in [0, 0.05) is 40.7 Å². The fourth-order valence-corrected chi connectivity index (χ4v) is 3.92. The summed E-state index contributed by atoms with van der Waals surface area (Å²) in [5.74, 6) is -0.0173. The van der Waals surface area contributed by atoms with Gasteiger partial charge in [0.2, 0.25) is 5.78 Å². The van der Waals surface area contributed by atoms with Crippen molar-refractivity contribution in [1.82, 2.24) is 4.98 Å². The Kier molecular flexibility index (Phi) is 3.87. The second-order valence-electron chi connectivity index (χ2n) is 7.16. The fourth-order valence-electron chi connectivity index (χ4n) is 3.92. The molecular formula is C23H22N2O. The van der Waals surface area contributed by atoms with Crippen molar-refractivity contribution in [1.29, 1.82) is 0 Å². The number of carbonyl (C=O) groups is 1. The van der Waals surface area contributed by atoms with Gasteiger partial charge in [-0.15, -0.1) is 0 Å². The van der Waals surface area contributed by atoms with Crippen LogP contribution in [0, 0.1) is 0 Å². The van der Waals surface area contributed by atoms with E-state index in [1.165, 1.54) is 16.9 Å². The molecule has 2 aliphatic rings. The lowest BCUT2D eigenvalue weighted by Gasteiger charge is -2.26. The van der Waals surface area contributed by atoms with Crippen LogP contribution < -0.4 is 4.90 Å². The van der Waals surface area contributed by atoms with Gasteiger partial charge in [0.15, 0.2) is 0 Å². The maximum atomic E-state index is 12.7. The molecule has 0 atom stereocenters. The van der Waals surface area contributed by atoms with E-state index < -0.39 is 0 Å². The van der Waals surface area contributed by atoms with Crippen molar-refractivity contribution in [3.8, 4) is 0 Å². The van der Waals surface area contributed by atoms with E-state index in [2.05, 4.69) is 61.0 Å². The van der Waals surface area contributed by atoms with E-state index in [1.807, 2.05) is 30.4 Å². The van der Waals surface area contributed by atoms with Gasteiger partial charge >= 0.3 is 0 Å². The number of pyridine rings is 1. The van der Waals surface area contributed by atoms with Crippen LogP contribution in [0.15, 0.2) is 72.1 Å². The minimum absolute atomic E-state index is 0.0173. The van der Waals surface area contributed by atoms with Crippen LogP contribution in [0.3, 0.4) is 0 Å². The summed E-state index contributed by atoms with van der Waals surface area (Å²) in [5.41, 5.74) is 5.77. The summed E-state index contributed by atoms with van der Waals surface area (Å²) in [7, 11) is 0. The maximum Gasteiger partial charge on any atom is 0.211 e. The first-order valence-electron chi connectivity index (χ1n) is 9.01. The number of anilines is 1. The molecule has 0 spiro atoms. The molecule has 0 unspecified atom stereocenters. The molecule has 130 valence electrons. The van der Waals surface area contributed by atoms with Crippen LogP contribution in [0.1, 0.15) is 42.4 Å². The van der Waals surface area contributed by atoms with E-state index in [4.69, 9.17) is 0 Å². The molecule has 3 heteroatoms. The Hall–Kier alpha value is -2.94. The van der Waals surface area contributed by atoms with E-state index in [1.54, 1.807) is 6.20 Å². The lowest BCUT2D eigenvalue weighted by molar-refractivity contribution is 0.103. The Morgan fingerprint density at radius 3 is 2.69 bits per heavy atom. The molecule has 4 rings (SSSR count). The maximum absolute atomic E-state index is 12.7. The van der Waals surface area contributed by atoms with Gasteiger partial charge < -0.3 is 4.90 Å². The van der Waals surface area contributed by atoms with Crippen molar-refractivity contribution < 1.29 is 4.79 Å². The van der Waals surface area contributed by atoms with Gasteiger partial charge in [0.25, 0.3) is 0 Å².